The molecule has 1 saturated heterocycles. The molecule has 0 spiro atoms. The molecule has 2 nitrogen and oxygen atoms in total. The summed E-state index contributed by atoms with van der Waals surface area (Å²) in [5.74, 6) is 0.942. The summed E-state index contributed by atoms with van der Waals surface area (Å²) in [6.07, 6.45) is 6.96. The summed E-state index contributed by atoms with van der Waals surface area (Å²) < 4.78 is 0. The molecule has 0 bridgehead atoms. The van der Waals surface area contributed by atoms with E-state index in [2.05, 4.69) is 31.1 Å². The molecule has 1 heterocycles. The molecule has 2 rings (SSSR count). The summed E-state index contributed by atoms with van der Waals surface area (Å²) in [6, 6.07) is 2.46. The lowest BCUT2D eigenvalue weighted by Gasteiger charge is -2.40. The maximum absolute atomic E-state index is 3.43. The van der Waals surface area contributed by atoms with Gasteiger partial charge in [0.1, 0.15) is 0 Å². The molecule has 2 heteroatoms. The molecular formula is C13H26N2. The Hall–Kier alpha value is -0.0800. The minimum atomic E-state index is 0.779. The predicted molar refractivity (Wildman–Crippen MR) is 65.1 cm³/mol. The molecule has 0 aromatic carbocycles. The lowest BCUT2D eigenvalue weighted by molar-refractivity contribution is 0.0832. The molecule has 0 aromatic rings. The fourth-order valence-electron chi connectivity index (χ4n) is 3.49. The van der Waals surface area contributed by atoms with Gasteiger partial charge in [-0.3, -0.25) is 4.90 Å². The second kappa shape index (κ2) is 4.84. The van der Waals surface area contributed by atoms with E-state index in [1.54, 1.807) is 0 Å². The van der Waals surface area contributed by atoms with Crippen LogP contribution in [0.4, 0.5) is 0 Å². The molecule has 0 radical (unpaired) electrons. The predicted octanol–water partition coefficient (Wildman–Crippen LogP) is 2.25. The van der Waals surface area contributed by atoms with Crippen molar-refractivity contribution >= 4 is 0 Å². The van der Waals surface area contributed by atoms with E-state index >= 15 is 0 Å². The van der Waals surface area contributed by atoms with Crippen molar-refractivity contribution < 1.29 is 0 Å². The first-order chi connectivity index (χ1) is 7.20. The summed E-state index contributed by atoms with van der Waals surface area (Å²) in [6.45, 7) is 6.16. The van der Waals surface area contributed by atoms with Crippen LogP contribution in [0.1, 0.15) is 46.0 Å². The van der Waals surface area contributed by atoms with Crippen LogP contribution in [-0.4, -0.2) is 36.6 Å². The van der Waals surface area contributed by atoms with Gasteiger partial charge in [0.2, 0.25) is 0 Å². The highest BCUT2D eigenvalue weighted by atomic mass is 15.2. The first-order valence-electron chi connectivity index (χ1n) is 6.63. The van der Waals surface area contributed by atoms with Crippen LogP contribution in [0.25, 0.3) is 0 Å². The first-order valence-corrected chi connectivity index (χ1v) is 6.63. The molecule has 1 aliphatic carbocycles. The number of nitrogens with one attached hydrogen (secondary N) is 1. The summed E-state index contributed by atoms with van der Waals surface area (Å²) in [4.78, 5) is 2.78. The molecule has 4 unspecified atom stereocenters. The molecule has 4 atom stereocenters. The van der Waals surface area contributed by atoms with E-state index in [0.717, 1.165) is 24.0 Å². The minimum absolute atomic E-state index is 0.779. The standard InChI is InChI=1S/C13H26N2/c1-10-6-7-15(11(2)8-10)13-5-4-12(9-13)14-3/h10-14H,4-9H2,1-3H3. The highest BCUT2D eigenvalue weighted by molar-refractivity contribution is 4.90. The third-order valence-electron chi connectivity index (χ3n) is 4.47. The van der Waals surface area contributed by atoms with Gasteiger partial charge >= 0.3 is 0 Å². The quantitative estimate of drug-likeness (QED) is 0.752. The van der Waals surface area contributed by atoms with Crippen molar-refractivity contribution in [1.29, 1.82) is 0 Å². The summed E-state index contributed by atoms with van der Waals surface area (Å²) >= 11 is 0. The average molecular weight is 210 g/mol. The Morgan fingerprint density at radius 1 is 1.07 bits per heavy atom. The van der Waals surface area contributed by atoms with Gasteiger partial charge in [0.25, 0.3) is 0 Å². The molecule has 0 amide bonds. The van der Waals surface area contributed by atoms with Gasteiger partial charge in [-0.15, -0.1) is 0 Å². The SMILES string of the molecule is CNC1CCC(N2CCC(C)CC2C)C1. The van der Waals surface area contributed by atoms with Crippen LogP contribution in [0.2, 0.25) is 0 Å². The van der Waals surface area contributed by atoms with Crippen molar-refractivity contribution in [2.45, 2.75) is 64.1 Å². The summed E-state index contributed by atoms with van der Waals surface area (Å²) in [7, 11) is 2.11. The fourth-order valence-corrected chi connectivity index (χ4v) is 3.49. The highest BCUT2D eigenvalue weighted by Crippen LogP contribution is 2.31. The van der Waals surface area contributed by atoms with Crippen LogP contribution in [0.5, 0.6) is 0 Å². The van der Waals surface area contributed by atoms with E-state index in [1.165, 1.54) is 38.6 Å². The zero-order valence-electron chi connectivity index (χ0n) is 10.5. The third-order valence-corrected chi connectivity index (χ3v) is 4.47. The molecule has 1 N–H and O–H groups in total. The number of piperidine rings is 1. The summed E-state index contributed by atoms with van der Waals surface area (Å²) in [5.41, 5.74) is 0. The zero-order chi connectivity index (χ0) is 10.8. The number of hydrogen-bond acceptors (Lipinski definition) is 2. The van der Waals surface area contributed by atoms with Crippen LogP contribution in [-0.2, 0) is 0 Å². The molecular weight excluding hydrogens is 184 g/mol. The maximum Gasteiger partial charge on any atom is 0.0113 e. The van der Waals surface area contributed by atoms with E-state index < -0.39 is 0 Å². The van der Waals surface area contributed by atoms with Gasteiger partial charge in [-0.25, -0.2) is 0 Å². The topological polar surface area (TPSA) is 15.3 Å². The van der Waals surface area contributed by atoms with Crippen molar-refractivity contribution in [1.82, 2.24) is 10.2 Å². The van der Waals surface area contributed by atoms with Crippen molar-refractivity contribution in [3.05, 3.63) is 0 Å². The van der Waals surface area contributed by atoms with Crippen molar-refractivity contribution in [2.75, 3.05) is 13.6 Å². The Morgan fingerprint density at radius 3 is 2.47 bits per heavy atom. The van der Waals surface area contributed by atoms with Crippen molar-refractivity contribution in [3.8, 4) is 0 Å². The normalized spacial score (nSPS) is 43.4. The zero-order valence-corrected chi connectivity index (χ0v) is 10.5. The minimum Gasteiger partial charge on any atom is -0.317 e. The van der Waals surface area contributed by atoms with Crippen LogP contribution in [0.15, 0.2) is 0 Å². The van der Waals surface area contributed by atoms with E-state index in [9.17, 15) is 0 Å². The molecule has 15 heavy (non-hydrogen) atoms. The molecule has 0 aromatic heterocycles. The monoisotopic (exact) mass is 210 g/mol. The second-order valence-electron chi connectivity index (χ2n) is 5.67. The van der Waals surface area contributed by atoms with Gasteiger partial charge in [0, 0.05) is 18.1 Å². The van der Waals surface area contributed by atoms with Gasteiger partial charge < -0.3 is 5.32 Å². The van der Waals surface area contributed by atoms with E-state index in [1.807, 2.05) is 0 Å². The third kappa shape index (κ3) is 2.54. The Labute approximate surface area is 94.4 Å². The van der Waals surface area contributed by atoms with E-state index in [-0.39, 0.29) is 0 Å². The van der Waals surface area contributed by atoms with Crippen LogP contribution in [0, 0.1) is 5.92 Å². The number of rotatable bonds is 2. The van der Waals surface area contributed by atoms with Gasteiger partial charge in [-0.1, -0.05) is 6.92 Å². The Kier molecular flexibility index (Phi) is 3.68. The lowest BCUT2D eigenvalue weighted by Crippen LogP contribution is -2.46. The molecule has 1 aliphatic heterocycles. The van der Waals surface area contributed by atoms with Crippen LogP contribution >= 0.6 is 0 Å². The molecule has 2 fully saturated rings. The second-order valence-corrected chi connectivity index (χ2v) is 5.67. The maximum atomic E-state index is 3.43. The number of nitrogens with zero attached hydrogens (tertiary/aromatic N) is 1. The highest BCUT2D eigenvalue weighted by Gasteiger charge is 2.33. The van der Waals surface area contributed by atoms with Crippen molar-refractivity contribution in [2.24, 2.45) is 5.92 Å². The fraction of sp³-hybridized carbons (Fsp3) is 1.00. The Bertz CT molecular complexity index is 205. The van der Waals surface area contributed by atoms with Gasteiger partial charge in [-0.05, 0) is 58.5 Å². The van der Waals surface area contributed by atoms with E-state index in [4.69, 9.17) is 0 Å². The van der Waals surface area contributed by atoms with Crippen LogP contribution < -0.4 is 5.32 Å². The smallest absolute Gasteiger partial charge is 0.0113 e. The van der Waals surface area contributed by atoms with Crippen molar-refractivity contribution in [3.63, 3.8) is 0 Å². The van der Waals surface area contributed by atoms with Gasteiger partial charge in [-0.2, -0.15) is 0 Å². The number of likely N-dealkylation sites (tertiary alicyclic amines) is 1. The van der Waals surface area contributed by atoms with Gasteiger partial charge in [0.15, 0.2) is 0 Å². The molecule has 1 saturated carbocycles. The lowest BCUT2D eigenvalue weighted by atomic mass is 9.92. The van der Waals surface area contributed by atoms with Crippen LogP contribution in [0.3, 0.4) is 0 Å². The molecule has 88 valence electrons. The van der Waals surface area contributed by atoms with E-state index in [0.29, 0.717) is 0 Å². The average Bonchev–Trinajstić information content (AvgIpc) is 2.66. The first kappa shape index (κ1) is 11.4. The van der Waals surface area contributed by atoms with Gasteiger partial charge in [0.05, 0.1) is 0 Å². The summed E-state index contributed by atoms with van der Waals surface area (Å²) in [5, 5.41) is 3.43. The largest absolute Gasteiger partial charge is 0.317 e. The Balaban J connectivity index is 1.88. The number of hydrogen-bond donors (Lipinski definition) is 1. The Morgan fingerprint density at radius 2 is 1.87 bits per heavy atom. The molecule has 2 aliphatic rings.